The van der Waals surface area contributed by atoms with Gasteiger partial charge in [0, 0.05) is 25.3 Å². The maximum Gasteiger partial charge on any atom is 0.0964 e. The first-order chi connectivity index (χ1) is 8.81. The highest BCUT2D eigenvalue weighted by atomic mass is 15.4. The third-order valence-corrected chi connectivity index (χ3v) is 3.72. The molecule has 0 bridgehead atoms. The highest BCUT2D eigenvalue weighted by Crippen LogP contribution is 2.19. The molecule has 18 heavy (non-hydrogen) atoms. The van der Waals surface area contributed by atoms with Crippen LogP contribution in [0.4, 0.5) is 0 Å². The van der Waals surface area contributed by atoms with E-state index in [4.69, 9.17) is 0 Å². The summed E-state index contributed by atoms with van der Waals surface area (Å²) >= 11 is 0. The highest BCUT2D eigenvalue weighted by molar-refractivity contribution is 4.94. The molecule has 102 valence electrons. The van der Waals surface area contributed by atoms with Crippen molar-refractivity contribution < 1.29 is 0 Å². The first-order valence-electron chi connectivity index (χ1n) is 7.44. The quantitative estimate of drug-likeness (QED) is 0.733. The third-order valence-electron chi connectivity index (χ3n) is 3.72. The van der Waals surface area contributed by atoms with Gasteiger partial charge < -0.3 is 5.32 Å². The molecule has 0 aliphatic heterocycles. The minimum absolute atomic E-state index is 0.739. The molecule has 1 fully saturated rings. The van der Waals surface area contributed by atoms with Gasteiger partial charge in [0.2, 0.25) is 0 Å². The molecule has 0 saturated heterocycles. The number of nitrogens with zero attached hydrogens (tertiary/aromatic N) is 3. The fraction of sp³-hybridized carbons (Fsp3) is 0.857. The first kappa shape index (κ1) is 13.5. The van der Waals surface area contributed by atoms with E-state index in [-0.39, 0.29) is 0 Å². The third kappa shape index (κ3) is 4.41. The second-order valence-electron chi connectivity index (χ2n) is 5.50. The van der Waals surface area contributed by atoms with Crippen LogP contribution >= 0.6 is 0 Å². The second kappa shape index (κ2) is 6.88. The monoisotopic (exact) mass is 250 g/mol. The zero-order valence-corrected chi connectivity index (χ0v) is 11.7. The Morgan fingerprint density at radius 2 is 2.28 bits per heavy atom. The summed E-state index contributed by atoms with van der Waals surface area (Å²) < 4.78 is 2.02. The molecule has 1 aliphatic carbocycles. The number of nitrogens with one attached hydrogen (secondary N) is 1. The van der Waals surface area contributed by atoms with E-state index in [1.165, 1.54) is 38.5 Å². The van der Waals surface area contributed by atoms with Crippen molar-refractivity contribution in [3.8, 4) is 0 Å². The predicted molar refractivity (Wildman–Crippen MR) is 73.2 cm³/mol. The molecular weight excluding hydrogens is 224 g/mol. The number of hydrogen-bond acceptors (Lipinski definition) is 3. The first-order valence-corrected chi connectivity index (χ1v) is 7.44. The lowest BCUT2D eigenvalue weighted by molar-refractivity contribution is 0.368. The van der Waals surface area contributed by atoms with Crippen molar-refractivity contribution in [2.75, 3.05) is 0 Å². The van der Waals surface area contributed by atoms with Crippen molar-refractivity contribution in [3.05, 3.63) is 11.9 Å². The molecule has 1 unspecified atom stereocenters. The highest BCUT2D eigenvalue weighted by Gasteiger charge is 2.20. The largest absolute Gasteiger partial charge is 0.308 e. The molecular formula is C14H26N4. The van der Waals surface area contributed by atoms with Crippen LogP contribution in [0.5, 0.6) is 0 Å². The van der Waals surface area contributed by atoms with E-state index >= 15 is 0 Å². The summed E-state index contributed by atoms with van der Waals surface area (Å²) in [7, 11) is 0. The van der Waals surface area contributed by atoms with Crippen LogP contribution in [-0.2, 0) is 13.1 Å². The number of hydrogen-bond donors (Lipinski definition) is 1. The lowest BCUT2D eigenvalue weighted by Gasteiger charge is -2.13. The molecule has 0 aromatic carbocycles. The lowest BCUT2D eigenvalue weighted by atomic mass is 9.99. The fourth-order valence-electron chi connectivity index (χ4n) is 2.23. The van der Waals surface area contributed by atoms with Crippen molar-refractivity contribution in [1.29, 1.82) is 0 Å². The minimum Gasteiger partial charge on any atom is -0.308 e. The molecule has 0 amide bonds. The van der Waals surface area contributed by atoms with Gasteiger partial charge in [-0.2, -0.15) is 0 Å². The molecule has 1 aliphatic rings. The molecule has 4 nitrogen and oxygen atoms in total. The van der Waals surface area contributed by atoms with E-state index in [1.807, 2.05) is 4.68 Å². The van der Waals surface area contributed by atoms with Crippen LogP contribution in [0.25, 0.3) is 0 Å². The average molecular weight is 250 g/mol. The van der Waals surface area contributed by atoms with Gasteiger partial charge >= 0.3 is 0 Å². The van der Waals surface area contributed by atoms with Gasteiger partial charge in [-0.05, 0) is 25.2 Å². The molecule has 1 atom stereocenters. The van der Waals surface area contributed by atoms with Gasteiger partial charge in [-0.25, -0.2) is 0 Å². The van der Waals surface area contributed by atoms with Gasteiger partial charge in [-0.1, -0.05) is 38.3 Å². The summed E-state index contributed by atoms with van der Waals surface area (Å²) in [6, 6.07) is 0.739. The Hall–Kier alpha value is -0.900. The van der Waals surface area contributed by atoms with Crippen LogP contribution in [0.3, 0.4) is 0 Å². The molecule has 4 heteroatoms. The minimum atomic E-state index is 0.739. The second-order valence-corrected chi connectivity index (χ2v) is 5.50. The molecule has 1 aromatic rings. The summed E-state index contributed by atoms with van der Waals surface area (Å²) in [6.07, 6.45) is 9.89. The molecule has 2 rings (SSSR count). The topological polar surface area (TPSA) is 42.7 Å². The van der Waals surface area contributed by atoms with Crippen LogP contribution in [0, 0.1) is 5.92 Å². The number of rotatable bonds is 9. The van der Waals surface area contributed by atoms with E-state index in [1.54, 1.807) is 0 Å². The summed E-state index contributed by atoms with van der Waals surface area (Å²) in [5.74, 6) is 0.746. The molecule has 0 radical (unpaired) electrons. The Bertz CT molecular complexity index is 343. The normalized spacial score (nSPS) is 17.0. The Kier molecular flexibility index (Phi) is 5.17. The summed E-state index contributed by atoms with van der Waals surface area (Å²) in [5, 5.41) is 11.9. The molecule has 1 heterocycles. The van der Waals surface area contributed by atoms with Gasteiger partial charge in [0.1, 0.15) is 0 Å². The standard InChI is InChI=1S/C14H26N4/c1-3-5-6-12(4-2)10-18-11-14(16-17-18)9-15-13-7-8-13/h11-13,15H,3-10H2,1-2H3. The predicted octanol–water partition coefficient (Wildman–Crippen LogP) is 2.75. The van der Waals surface area contributed by atoms with Crippen LogP contribution in [0.15, 0.2) is 6.20 Å². The smallest absolute Gasteiger partial charge is 0.0964 e. The maximum atomic E-state index is 4.24. The fourth-order valence-corrected chi connectivity index (χ4v) is 2.23. The van der Waals surface area contributed by atoms with Crippen molar-refractivity contribution in [1.82, 2.24) is 20.3 Å². The Morgan fingerprint density at radius 3 is 2.94 bits per heavy atom. The Labute approximate surface area is 110 Å². The number of unbranched alkanes of at least 4 members (excludes halogenated alkanes) is 1. The zero-order chi connectivity index (χ0) is 12.8. The summed E-state index contributed by atoms with van der Waals surface area (Å²) in [6.45, 7) is 6.42. The van der Waals surface area contributed by atoms with E-state index < -0.39 is 0 Å². The molecule has 1 saturated carbocycles. The SMILES string of the molecule is CCCCC(CC)Cn1cc(CNC2CC2)nn1. The van der Waals surface area contributed by atoms with Gasteiger partial charge in [0.25, 0.3) is 0 Å². The van der Waals surface area contributed by atoms with E-state index in [2.05, 4.69) is 35.7 Å². The summed E-state index contributed by atoms with van der Waals surface area (Å²) in [4.78, 5) is 0. The lowest BCUT2D eigenvalue weighted by Crippen LogP contribution is -2.15. The van der Waals surface area contributed by atoms with Crippen LogP contribution < -0.4 is 5.32 Å². The average Bonchev–Trinajstić information content (AvgIpc) is 3.12. The molecule has 1 aromatic heterocycles. The van der Waals surface area contributed by atoms with Crippen LogP contribution in [-0.4, -0.2) is 21.0 Å². The van der Waals surface area contributed by atoms with Crippen molar-refractivity contribution >= 4 is 0 Å². The van der Waals surface area contributed by atoms with Gasteiger partial charge in [-0.3, -0.25) is 4.68 Å². The van der Waals surface area contributed by atoms with Crippen molar-refractivity contribution in [2.45, 2.75) is 71.5 Å². The maximum absolute atomic E-state index is 4.24. The van der Waals surface area contributed by atoms with Crippen molar-refractivity contribution in [3.63, 3.8) is 0 Å². The van der Waals surface area contributed by atoms with Gasteiger partial charge in [0.05, 0.1) is 5.69 Å². The van der Waals surface area contributed by atoms with Gasteiger partial charge in [-0.15, -0.1) is 5.10 Å². The zero-order valence-electron chi connectivity index (χ0n) is 11.7. The molecule has 1 N–H and O–H groups in total. The van der Waals surface area contributed by atoms with E-state index in [9.17, 15) is 0 Å². The Balaban J connectivity index is 1.76. The van der Waals surface area contributed by atoms with E-state index in [0.29, 0.717) is 0 Å². The van der Waals surface area contributed by atoms with Gasteiger partial charge in [0.15, 0.2) is 0 Å². The van der Waals surface area contributed by atoms with Crippen molar-refractivity contribution in [2.24, 2.45) is 5.92 Å². The molecule has 0 spiro atoms. The van der Waals surface area contributed by atoms with Crippen LogP contribution in [0.2, 0.25) is 0 Å². The Morgan fingerprint density at radius 1 is 1.44 bits per heavy atom. The van der Waals surface area contributed by atoms with E-state index in [0.717, 1.165) is 30.7 Å². The summed E-state index contributed by atoms with van der Waals surface area (Å²) in [5.41, 5.74) is 1.08. The number of aromatic nitrogens is 3. The van der Waals surface area contributed by atoms with Crippen LogP contribution in [0.1, 0.15) is 58.1 Å².